The molecule has 5 nitrogen and oxygen atoms in total. The number of anilines is 1. The topological polar surface area (TPSA) is 55.1 Å². The highest BCUT2D eigenvalue weighted by molar-refractivity contribution is 6.29. The normalized spacial score (nSPS) is 12.6. The van der Waals surface area contributed by atoms with Crippen molar-refractivity contribution in [1.82, 2.24) is 19.6 Å². The molecular weight excluding hydrogens is 274 g/mol. The van der Waals surface area contributed by atoms with Crippen molar-refractivity contribution in [3.63, 3.8) is 0 Å². The van der Waals surface area contributed by atoms with Crippen molar-refractivity contribution in [2.45, 2.75) is 19.9 Å². The number of benzene rings is 1. The SMILES string of the molecule is Cc1ccccc1C(C)Nc1cc(Cl)nc2ncnn12. The zero-order chi connectivity index (χ0) is 14.1. The van der Waals surface area contributed by atoms with Gasteiger partial charge in [-0.1, -0.05) is 35.9 Å². The van der Waals surface area contributed by atoms with Crippen LogP contribution in [0.3, 0.4) is 0 Å². The van der Waals surface area contributed by atoms with Gasteiger partial charge in [0.05, 0.1) is 6.04 Å². The Labute approximate surface area is 121 Å². The van der Waals surface area contributed by atoms with Gasteiger partial charge < -0.3 is 5.32 Å². The third kappa shape index (κ3) is 2.32. The molecule has 3 aromatic rings. The summed E-state index contributed by atoms with van der Waals surface area (Å²) in [5.74, 6) is 1.25. The first-order chi connectivity index (χ1) is 9.65. The molecule has 0 fully saturated rings. The molecule has 0 saturated carbocycles. The molecule has 2 aromatic heterocycles. The fourth-order valence-corrected chi connectivity index (χ4v) is 2.44. The molecule has 0 aliphatic rings. The van der Waals surface area contributed by atoms with Gasteiger partial charge in [-0.2, -0.15) is 19.6 Å². The summed E-state index contributed by atoms with van der Waals surface area (Å²) in [5.41, 5.74) is 2.47. The number of nitrogens with zero attached hydrogens (tertiary/aromatic N) is 4. The van der Waals surface area contributed by atoms with E-state index in [9.17, 15) is 0 Å². The van der Waals surface area contributed by atoms with E-state index in [0.29, 0.717) is 10.9 Å². The van der Waals surface area contributed by atoms with E-state index in [4.69, 9.17) is 11.6 Å². The molecule has 0 saturated heterocycles. The Bertz CT molecular complexity index is 752. The van der Waals surface area contributed by atoms with Crippen molar-refractivity contribution in [2.24, 2.45) is 0 Å². The Hall–Kier alpha value is -2.14. The standard InChI is InChI=1S/C14H14ClN5/c1-9-5-3-4-6-11(9)10(2)18-13-7-12(15)19-14-16-8-17-20(13)14/h3-8,10,18H,1-2H3. The summed E-state index contributed by atoms with van der Waals surface area (Å²) in [7, 11) is 0. The van der Waals surface area contributed by atoms with Crippen LogP contribution in [-0.4, -0.2) is 19.6 Å². The maximum absolute atomic E-state index is 6.01. The summed E-state index contributed by atoms with van der Waals surface area (Å²) in [6.45, 7) is 4.19. The summed E-state index contributed by atoms with van der Waals surface area (Å²) >= 11 is 6.01. The van der Waals surface area contributed by atoms with Gasteiger partial charge in [-0.3, -0.25) is 0 Å². The van der Waals surface area contributed by atoms with Gasteiger partial charge in [0.15, 0.2) is 0 Å². The molecule has 0 aliphatic heterocycles. The monoisotopic (exact) mass is 287 g/mol. The van der Waals surface area contributed by atoms with Crippen molar-refractivity contribution < 1.29 is 0 Å². The summed E-state index contributed by atoms with van der Waals surface area (Å²) in [5, 5.41) is 7.95. The van der Waals surface area contributed by atoms with Crippen LogP contribution in [-0.2, 0) is 0 Å². The molecule has 0 radical (unpaired) electrons. The molecule has 20 heavy (non-hydrogen) atoms. The van der Waals surface area contributed by atoms with Crippen LogP contribution in [0.25, 0.3) is 5.78 Å². The lowest BCUT2D eigenvalue weighted by molar-refractivity contribution is 0.834. The highest BCUT2D eigenvalue weighted by Gasteiger charge is 2.12. The predicted octanol–water partition coefficient (Wildman–Crippen LogP) is 3.26. The predicted molar refractivity (Wildman–Crippen MR) is 79.0 cm³/mol. The van der Waals surface area contributed by atoms with E-state index in [1.54, 1.807) is 10.6 Å². The maximum atomic E-state index is 6.01. The number of halogens is 1. The minimum Gasteiger partial charge on any atom is -0.363 e. The largest absolute Gasteiger partial charge is 0.363 e. The van der Waals surface area contributed by atoms with Crippen LogP contribution in [0, 0.1) is 6.92 Å². The summed E-state index contributed by atoms with van der Waals surface area (Å²) in [6.07, 6.45) is 1.46. The molecular formula is C14H14ClN5. The second-order valence-electron chi connectivity index (χ2n) is 4.66. The van der Waals surface area contributed by atoms with E-state index in [-0.39, 0.29) is 6.04 Å². The highest BCUT2D eigenvalue weighted by atomic mass is 35.5. The van der Waals surface area contributed by atoms with Crippen LogP contribution in [0.2, 0.25) is 5.15 Å². The number of nitrogens with one attached hydrogen (secondary N) is 1. The second-order valence-corrected chi connectivity index (χ2v) is 5.05. The fraction of sp³-hybridized carbons (Fsp3) is 0.214. The molecule has 1 unspecified atom stereocenters. The van der Waals surface area contributed by atoms with Crippen LogP contribution in [0.4, 0.5) is 5.82 Å². The van der Waals surface area contributed by atoms with Gasteiger partial charge in [0.2, 0.25) is 0 Å². The van der Waals surface area contributed by atoms with E-state index in [2.05, 4.69) is 46.4 Å². The molecule has 102 valence electrons. The first-order valence-electron chi connectivity index (χ1n) is 6.33. The van der Waals surface area contributed by atoms with Crippen molar-refractivity contribution >= 4 is 23.2 Å². The maximum Gasteiger partial charge on any atom is 0.255 e. The Morgan fingerprint density at radius 1 is 1.30 bits per heavy atom. The molecule has 6 heteroatoms. The number of rotatable bonds is 3. The van der Waals surface area contributed by atoms with Crippen LogP contribution < -0.4 is 5.32 Å². The van der Waals surface area contributed by atoms with Crippen molar-refractivity contribution in [1.29, 1.82) is 0 Å². The molecule has 0 spiro atoms. The van der Waals surface area contributed by atoms with Gasteiger partial charge in [-0.15, -0.1) is 0 Å². The van der Waals surface area contributed by atoms with E-state index in [0.717, 1.165) is 5.82 Å². The molecule has 1 atom stereocenters. The van der Waals surface area contributed by atoms with Gasteiger partial charge >= 0.3 is 0 Å². The first kappa shape index (κ1) is 12.9. The number of aryl methyl sites for hydroxylation is 1. The van der Waals surface area contributed by atoms with Gasteiger partial charge in [0, 0.05) is 6.07 Å². The average Bonchev–Trinajstić information content (AvgIpc) is 2.87. The molecule has 0 amide bonds. The van der Waals surface area contributed by atoms with Crippen molar-refractivity contribution in [2.75, 3.05) is 5.32 Å². The lowest BCUT2D eigenvalue weighted by Gasteiger charge is -2.18. The number of hydrogen-bond donors (Lipinski definition) is 1. The smallest absolute Gasteiger partial charge is 0.255 e. The number of fused-ring (bicyclic) bond motifs is 1. The highest BCUT2D eigenvalue weighted by Crippen LogP contribution is 2.23. The van der Waals surface area contributed by atoms with Gasteiger partial charge in [-0.25, -0.2) is 0 Å². The molecule has 3 rings (SSSR count). The van der Waals surface area contributed by atoms with Crippen LogP contribution in [0.15, 0.2) is 36.7 Å². The molecule has 1 N–H and O–H groups in total. The molecule has 1 aromatic carbocycles. The number of hydrogen-bond acceptors (Lipinski definition) is 4. The Morgan fingerprint density at radius 3 is 2.90 bits per heavy atom. The van der Waals surface area contributed by atoms with E-state index in [1.165, 1.54) is 17.5 Å². The van der Waals surface area contributed by atoms with Gasteiger partial charge in [-0.05, 0) is 25.0 Å². The van der Waals surface area contributed by atoms with E-state index >= 15 is 0 Å². The molecule has 0 bridgehead atoms. The summed E-state index contributed by atoms with van der Waals surface area (Å²) in [6, 6.07) is 10.1. The van der Waals surface area contributed by atoms with Crippen LogP contribution >= 0.6 is 11.6 Å². The van der Waals surface area contributed by atoms with Crippen molar-refractivity contribution in [3.8, 4) is 0 Å². The third-order valence-corrected chi connectivity index (χ3v) is 3.43. The zero-order valence-electron chi connectivity index (χ0n) is 11.2. The van der Waals surface area contributed by atoms with Crippen LogP contribution in [0.5, 0.6) is 0 Å². The lowest BCUT2D eigenvalue weighted by atomic mass is 10.0. The summed E-state index contributed by atoms with van der Waals surface area (Å²) < 4.78 is 1.64. The van der Waals surface area contributed by atoms with E-state index in [1.807, 2.05) is 12.1 Å². The lowest BCUT2D eigenvalue weighted by Crippen LogP contribution is -2.12. The fourth-order valence-electron chi connectivity index (χ4n) is 2.26. The van der Waals surface area contributed by atoms with Gasteiger partial charge in [0.25, 0.3) is 5.78 Å². The van der Waals surface area contributed by atoms with Gasteiger partial charge in [0.1, 0.15) is 17.3 Å². The van der Waals surface area contributed by atoms with Crippen LogP contribution in [0.1, 0.15) is 24.1 Å². The molecule has 2 heterocycles. The van der Waals surface area contributed by atoms with E-state index < -0.39 is 0 Å². The average molecular weight is 288 g/mol. The Balaban J connectivity index is 1.97. The Kier molecular flexibility index (Phi) is 3.28. The first-order valence-corrected chi connectivity index (χ1v) is 6.71. The minimum atomic E-state index is 0.127. The quantitative estimate of drug-likeness (QED) is 0.751. The summed E-state index contributed by atoms with van der Waals surface area (Å²) in [4.78, 5) is 8.16. The zero-order valence-corrected chi connectivity index (χ0v) is 12.0. The molecule has 0 aliphatic carbocycles. The Morgan fingerprint density at radius 2 is 2.10 bits per heavy atom. The third-order valence-electron chi connectivity index (χ3n) is 3.24. The van der Waals surface area contributed by atoms with Crippen molar-refractivity contribution in [3.05, 3.63) is 52.9 Å². The second kappa shape index (κ2) is 5.09. The minimum absolute atomic E-state index is 0.127. The number of aromatic nitrogens is 4.